The predicted octanol–water partition coefficient (Wildman–Crippen LogP) is 3.54. The van der Waals surface area contributed by atoms with Crippen LogP contribution in [-0.2, 0) is 16.6 Å². The van der Waals surface area contributed by atoms with Crippen molar-refractivity contribution in [3.8, 4) is 0 Å². The summed E-state index contributed by atoms with van der Waals surface area (Å²) in [6.07, 6.45) is 2.49. The second-order valence-electron chi connectivity index (χ2n) is 6.64. The molecule has 0 unspecified atom stereocenters. The van der Waals surface area contributed by atoms with Crippen LogP contribution in [0.5, 0.6) is 0 Å². The molecule has 0 bridgehead atoms. The van der Waals surface area contributed by atoms with E-state index in [1.165, 1.54) is 30.7 Å². The highest BCUT2D eigenvalue weighted by Gasteiger charge is 2.17. The van der Waals surface area contributed by atoms with E-state index in [2.05, 4.69) is 16.5 Å². The van der Waals surface area contributed by atoms with E-state index >= 15 is 0 Å². The fourth-order valence-corrected chi connectivity index (χ4v) is 4.14. The number of nitrogens with zero attached hydrogens (tertiary/aromatic N) is 1. The van der Waals surface area contributed by atoms with Crippen molar-refractivity contribution < 1.29 is 12.8 Å². The smallest absolute Gasteiger partial charge is 0.240 e. The molecule has 6 heteroatoms. The molecule has 25 heavy (non-hydrogen) atoms. The Morgan fingerprint density at radius 1 is 1.12 bits per heavy atom. The maximum atomic E-state index is 12.9. The monoisotopic (exact) mass is 362 g/mol. The number of sulfonamides is 1. The van der Waals surface area contributed by atoms with Crippen molar-refractivity contribution in [2.75, 3.05) is 18.0 Å². The first kappa shape index (κ1) is 17.9. The molecule has 0 amide bonds. The number of hydrogen-bond acceptors (Lipinski definition) is 3. The van der Waals surface area contributed by atoms with Crippen molar-refractivity contribution in [3.63, 3.8) is 0 Å². The zero-order valence-electron chi connectivity index (χ0n) is 14.3. The molecule has 1 N–H and O–H groups in total. The van der Waals surface area contributed by atoms with Crippen LogP contribution in [0.2, 0.25) is 0 Å². The highest BCUT2D eigenvalue weighted by atomic mass is 32.2. The first-order valence-corrected chi connectivity index (χ1v) is 10.0. The Morgan fingerprint density at radius 2 is 1.80 bits per heavy atom. The summed E-state index contributed by atoms with van der Waals surface area (Å²) < 4.78 is 39.9. The van der Waals surface area contributed by atoms with Gasteiger partial charge in [-0.3, -0.25) is 0 Å². The van der Waals surface area contributed by atoms with Gasteiger partial charge in [-0.2, -0.15) is 0 Å². The molecule has 2 aromatic rings. The molecule has 0 spiro atoms. The Hall–Kier alpha value is -1.92. The molecule has 134 valence electrons. The van der Waals surface area contributed by atoms with E-state index in [0.717, 1.165) is 30.8 Å². The van der Waals surface area contributed by atoms with Gasteiger partial charge in [0, 0.05) is 25.3 Å². The van der Waals surface area contributed by atoms with Gasteiger partial charge in [0.25, 0.3) is 0 Å². The Bertz CT molecular complexity index is 804. The number of benzene rings is 2. The molecule has 0 radical (unpaired) electrons. The molecule has 1 saturated heterocycles. The molecule has 1 fully saturated rings. The lowest BCUT2D eigenvalue weighted by Crippen LogP contribution is -2.34. The van der Waals surface area contributed by atoms with Crippen LogP contribution in [0.3, 0.4) is 0 Å². The number of rotatable bonds is 5. The van der Waals surface area contributed by atoms with E-state index in [0.29, 0.717) is 5.92 Å². The van der Waals surface area contributed by atoms with Crippen molar-refractivity contribution in [2.24, 2.45) is 5.92 Å². The number of nitrogens with one attached hydrogen (secondary N) is 1. The van der Waals surface area contributed by atoms with Gasteiger partial charge >= 0.3 is 0 Å². The minimum atomic E-state index is -3.64. The molecular weight excluding hydrogens is 339 g/mol. The lowest BCUT2D eigenvalue weighted by atomic mass is 9.99. The number of hydrogen-bond donors (Lipinski definition) is 1. The standard InChI is InChI=1S/C19H23FN2O2S/c1-15-3-2-12-22(14-15)18-8-4-16(5-9-18)13-21-25(23,24)19-10-6-17(20)7-11-19/h4-11,15,21H,2-3,12-14H2,1H3/t15-/m0/s1. The summed E-state index contributed by atoms with van der Waals surface area (Å²) in [5, 5.41) is 0. The Balaban J connectivity index is 1.62. The van der Waals surface area contributed by atoms with Gasteiger partial charge in [0.05, 0.1) is 4.90 Å². The summed E-state index contributed by atoms with van der Waals surface area (Å²) in [6, 6.07) is 12.8. The van der Waals surface area contributed by atoms with Crippen molar-refractivity contribution in [3.05, 3.63) is 59.9 Å². The maximum Gasteiger partial charge on any atom is 0.240 e. The highest BCUT2D eigenvalue weighted by molar-refractivity contribution is 7.89. The highest BCUT2D eigenvalue weighted by Crippen LogP contribution is 2.23. The fourth-order valence-electron chi connectivity index (χ4n) is 3.12. The molecule has 4 nitrogen and oxygen atoms in total. The summed E-state index contributed by atoms with van der Waals surface area (Å²) >= 11 is 0. The Labute approximate surface area is 148 Å². The number of piperidine rings is 1. The second kappa shape index (κ2) is 7.54. The maximum absolute atomic E-state index is 12.9. The van der Waals surface area contributed by atoms with E-state index in [1.54, 1.807) is 0 Å². The lowest BCUT2D eigenvalue weighted by Gasteiger charge is -2.32. The molecule has 1 heterocycles. The second-order valence-corrected chi connectivity index (χ2v) is 8.41. The zero-order chi connectivity index (χ0) is 17.9. The number of halogens is 1. The molecule has 2 aromatic carbocycles. The molecule has 3 rings (SSSR count). The van der Waals surface area contributed by atoms with E-state index in [1.807, 2.05) is 24.3 Å². The third-order valence-electron chi connectivity index (χ3n) is 4.55. The molecule has 1 aliphatic rings. The van der Waals surface area contributed by atoms with Crippen LogP contribution in [0.15, 0.2) is 53.4 Å². The topological polar surface area (TPSA) is 49.4 Å². The van der Waals surface area contributed by atoms with Gasteiger partial charge < -0.3 is 4.90 Å². The normalized spacial score (nSPS) is 18.3. The van der Waals surface area contributed by atoms with Crippen LogP contribution in [0.25, 0.3) is 0 Å². The summed E-state index contributed by atoms with van der Waals surface area (Å²) in [5.74, 6) is 0.248. The zero-order valence-corrected chi connectivity index (χ0v) is 15.1. The van der Waals surface area contributed by atoms with Gasteiger partial charge in [-0.15, -0.1) is 0 Å². The van der Waals surface area contributed by atoms with E-state index in [-0.39, 0.29) is 11.4 Å². The van der Waals surface area contributed by atoms with Crippen LogP contribution < -0.4 is 9.62 Å². The van der Waals surface area contributed by atoms with Crippen molar-refractivity contribution in [2.45, 2.75) is 31.2 Å². The third-order valence-corrected chi connectivity index (χ3v) is 5.97. The SMILES string of the molecule is C[C@H]1CCCN(c2ccc(CNS(=O)(=O)c3ccc(F)cc3)cc2)C1. The van der Waals surface area contributed by atoms with Crippen LogP contribution in [0.4, 0.5) is 10.1 Å². The lowest BCUT2D eigenvalue weighted by molar-refractivity contribution is 0.447. The fraction of sp³-hybridized carbons (Fsp3) is 0.368. The minimum absolute atomic E-state index is 0.0628. The summed E-state index contributed by atoms with van der Waals surface area (Å²) in [7, 11) is -3.64. The first-order valence-electron chi connectivity index (χ1n) is 8.53. The van der Waals surface area contributed by atoms with Crippen LogP contribution >= 0.6 is 0 Å². The quantitative estimate of drug-likeness (QED) is 0.885. The largest absolute Gasteiger partial charge is 0.371 e. The van der Waals surface area contributed by atoms with Crippen molar-refractivity contribution in [1.82, 2.24) is 4.72 Å². The van der Waals surface area contributed by atoms with Gasteiger partial charge in [-0.1, -0.05) is 19.1 Å². The van der Waals surface area contributed by atoms with E-state index in [4.69, 9.17) is 0 Å². The molecular formula is C19H23FN2O2S. The molecule has 1 aliphatic heterocycles. The van der Waals surface area contributed by atoms with Crippen LogP contribution in [-0.4, -0.2) is 21.5 Å². The van der Waals surface area contributed by atoms with Crippen molar-refractivity contribution >= 4 is 15.7 Å². The predicted molar refractivity (Wildman–Crippen MR) is 97.5 cm³/mol. The van der Waals surface area contributed by atoms with Gasteiger partial charge in [0.15, 0.2) is 0 Å². The van der Waals surface area contributed by atoms with Gasteiger partial charge in [-0.25, -0.2) is 17.5 Å². The number of anilines is 1. The van der Waals surface area contributed by atoms with Gasteiger partial charge in [-0.05, 0) is 60.7 Å². The molecule has 0 aliphatic carbocycles. The summed E-state index contributed by atoms with van der Waals surface area (Å²) in [4.78, 5) is 2.44. The Morgan fingerprint density at radius 3 is 2.44 bits per heavy atom. The average Bonchev–Trinajstić information content (AvgIpc) is 2.61. The average molecular weight is 362 g/mol. The molecule has 0 aromatic heterocycles. The Kier molecular flexibility index (Phi) is 5.39. The first-order chi connectivity index (χ1) is 11.9. The summed E-state index contributed by atoms with van der Waals surface area (Å²) in [5.41, 5.74) is 2.07. The van der Waals surface area contributed by atoms with Crippen LogP contribution in [0.1, 0.15) is 25.3 Å². The van der Waals surface area contributed by atoms with Crippen molar-refractivity contribution in [1.29, 1.82) is 0 Å². The van der Waals surface area contributed by atoms with Crippen LogP contribution in [0, 0.1) is 11.7 Å². The van der Waals surface area contributed by atoms with E-state index in [9.17, 15) is 12.8 Å². The molecule has 1 atom stereocenters. The van der Waals surface area contributed by atoms with Gasteiger partial charge in [0.2, 0.25) is 10.0 Å². The summed E-state index contributed by atoms with van der Waals surface area (Å²) in [6.45, 7) is 4.61. The minimum Gasteiger partial charge on any atom is -0.371 e. The van der Waals surface area contributed by atoms with Gasteiger partial charge in [0.1, 0.15) is 5.82 Å². The third kappa shape index (κ3) is 4.58. The molecule has 0 saturated carbocycles. The van der Waals surface area contributed by atoms with E-state index < -0.39 is 15.8 Å².